The third kappa shape index (κ3) is 4.33. The van der Waals surface area contributed by atoms with Gasteiger partial charge in [0.25, 0.3) is 5.91 Å². The second-order valence-corrected chi connectivity index (χ2v) is 6.75. The summed E-state index contributed by atoms with van der Waals surface area (Å²) in [7, 11) is 0. The Morgan fingerprint density at radius 2 is 1.76 bits per heavy atom. The first-order chi connectivity index (χ1) is 12.0. The molecule has 0 bridgehead atoms. The van der Waals surface area contributed by atoms with Gasteiger partial charge in [0.1, 0.15) is 12.4 Å². The topological polar surface area (TPSA) is 38.8 Å². The van der Waals surface area contributed by atoms with Gasteiger partial charge in [0.2, 0.25) is 0 Å². The lowest BCUT2D eigenvalue weighted by molar-refractivity contribution is -0.0586. The van der Waals surface area contributed by atoms with Crippen LogP contribution in [-0.4, -0.2) is 36.1 Å². The number of amides is 1. The van der Waals surface area contributed by atoms with Crippen molar-refractivity contribution in [3.63, 3.8) is 0 Å². The number of nitrogens with zero attached hydrogens (tertiary/aromatic N) is 1. The zero-order valence-electron chi connectivity index (χ0n) is 14.4. The zero-order chi connectivity index (χ0) is 17.8. The SMILES string of the molecule is C[C@@H]1CN(C(=O)c2ccccc2OCc2ccccc2Cl)C[C@H](C)O1. The first-order valence-electron chi connectivity index (χ1n) is 8.44. The second kappa shape index (κ2) is 7.89. The Kier molecular flexibility index (Phi) is 5.61. The average molecular weight is 360 g/mol. The van der Waals surface area contributed by atoms with Crippen LogP contribution in [0.15, 0.2) is 48.5 Å². The van der Waals surface area contributed by atoms with Crippen LogP contribution in [0.1, 0.15) is 29.8 Å². The van der Waals surface area contributed by atoms with Crippen molar-refractivity contribution in [3.05, 3.63) is 64.7 Å². The van der Waals surface area contributed by atoms with Crippen molar-refractivity contribution < 1.29 is 14.3 Å². The summed E-state index contributed by atoms with van der Waals surface area (Å²) in [4.78, 5) is 14.8. The van der Waals surface area contributed by atoms with Gasteiger partial charge in [-0.05, 0) is 32.0 Å². The number of ether oxygens (including phenoxy) is 2. The molecule has 5 heteroatoms. The van der Waals surface area contributed by atoms with Crippen LogP contribution in [0.5, 0.6) is 5.75 Å². The van der Waals surface area contributed by atoms with Crippen molar-refractivity contribution in [1.29, 1.82) is 0 Å². The Morgan fingerprint density at radius 1 is 1.12 bits per heavy atom. The molecule has 1 amide bonds. The number of hydrogen-bond acceptors (Lipinski definition) is 3. The fourth-order valence-corrected chi connectivity index (χ4v) is 3.24. The number of rotatable bonds is 4. The molecule has 132 valence electrons. The van der Waals surface area contributed by atoms with Crippen molar-refractivity contribution in [2.45, 2.75) is 32.7 Å². The molecular formula is C20H22ClNO3. The van der Waals surface area contributed by atoms with E-state index < -0.39 is 0 Å². The molecule has 2 atom stereocenters. The molecule has 3 rings (SSSR count). The van der Waals surface area contributed by atoms with E-state index in [1.54, 1.807) is 6.07 Å². The van der Waals surface area contributed by atoms with Gasteiger partial charge >= 0.3 is 0 Å². The van der Waals surface area contributed by atoms with Crippen molar-refractivity contribution in [2.75, 3.05) is 13.1 Å². The van der Waals surface area contributed by atoms with E-state index in [0.29, 0.717) is 36.0 Å². The molecule has 1 aliphatic heterocycles. The number of halogens is 1. The fraction of sp³-hybridized carbons (Fsp3) is 0.350. The van der Waals surface area contributed by atoms with Crippen LogP contribution in [0, 0.1) is 0 Å². The molecule has 0 saturated carbocycles. The van der Waals surface area contributed by atoms with Gasteiger partial charge in [-0.25, -0.2) is 0 Å². The van der Waals surface area contributed by atoms with Gasteiger partial charge in [0.05, 0.1) is 17.8 Å². The maximum Gasteiger partial charge on any atom is 0.257 e. The number of carbonyl (C=O) groups is 1. The fourth-order valence-electron chi connectivity index (χ4n) is 3.05. The summed E-state index contributed by atoms with van der Waals surface area (Å²) < 4.78 is 11.6. The number of para-hydroxylation sites is 1. The van der Waals surface area contributed by atoms with Crippen molar-refractivity contribution in [3.8, 4) is 5.75 Å². The monoisotopic (exact) mass is 359 g/mol. The Hall–Kier alpha value is -2.04. The molecule has 4 nitrogen and oxygen atoms in total. The van der Waals surface area contributed by atoms with Gasteiger partial charge < -0.3 is 14.4 Å². The quantitative estimate of drug-likeness (QED) is 0.822. The molecule has 1 fully saturated rings. The molecule has 1 heterocycles. The predicted octanol–water partition coefficient (Wildman–Crippen LogP) is 4.17. The number of morpholine rings is 1. The zero-order valence-corrected chi connectivity index (χ0v) is 15.2. The van der Waals surface area contributed by atoms with Gasteiger partial charge in [0, 0.05) is 23.7 Å². The summed E-state index contributed by atoms with van der Waals surface area (Å²) in [5, 5.41) is 0.655. The van der Waals surface area contributed by atoms with E-state index in [2.05, 4.69) is 0 Å². The molecule has 2 aromatic rings. The molecule has 0 radical (unpaired) electrons. The van der Waals surface area contributed by atoms with Gasteiger partial charge in [-0.1, -0.05) is 41.9 Å². The first-order valence-corrected chi connectivity index (χ1v) is 8.82. The minimum atomic E-state index is -0.0308. The van der Waals surface area contributed by atoms with Crippen LogP contribution in [0.3, 0.4) is 0 Å². The van der Waals surface area contributed by atoms with E-state index in [1.807, 2.05) is 61.2 Å². The van der Waals surface area contributed by atoms with Crippen molar-refractivity contribution in [2.24, 2.45) is 0 Å². The van der Waals surface area contributed by atoms with Gasteiger partial charge in [-0.3, -0.25) is 4.79 Å². The molecule has 1 saturated heterocycles. The molecule has 0 unspecified atom stereocenters. The minimum absolute atomic E-state index is 0.0308. The standard InChI is InChI=1S/C20H22ClNO3/c1-14-11-22(12-15(2)25-14)20(23)17-8-4-6-10-19(17)24-13-16-7-3-5-9-18(16)21/h3-10,14-15H,11-13H2,1-2H3/t14-,15+. The summed E-state index contributed by atoms with van der Waals surface area (Å²) >= 11 is 6.18. The van der Waals surface area contributed by atoms with Crippen LogP contribution < -0.4 is 4.74 Å². The van der Waals surface area contributed by atoms with Crippen LogP contribution >= 0.6 is 11.6 Å². The average Bonchev–Trinajstić information content (AvgIpc) is 2.60. The summed E-state index contributed by atoms with van der Waals surface area (Å²) in [5.74, 6) is 0.538. The maximum atomic E-state index is 13.0. The van der Waals surface area contributed by atoms with Crippen molar-refractivity contribution in [1.82, 2.24) is 4.90 Å². The lowest BCUT2D eigenvalue weighted by atomic mass is 10.1. The first kappa shape index (κ1) is 17.8. The summed E-state index contributed by atoms with van der Waals surface area (Å²) in [6.07, 6.45) is 0.0628. The van der Waals surface area contributed by atoms with Crippen LogP contribution in [0.25, 0.3) is 0 Å². The highest BCUT2D eigenvalue weighted by Gasteiger charge is 2.28. The highest BCUT2D eigenvalue weighted by atomic mass is 35.5. The van der Waals surface area contributed by atoms with E-state index >= 15 is 0 Å². The highest BCUT2D eigenvalue weighted by Crippen LogP contribution is 2.24. The molecule has 0 N–H and O–H groups in total. The largest absolute Gasteiger partial charge is 0.488 e. The molecule has 2 aromatic carbocycles. The summed E-state index contributed by atoms with van der Waals surface area (Å²) in [5.41, 5.74) is 1.45. The van der Waals surface area contributed by atoms with Crippen molar-refractivity contribution >= 4 is 17.5 Å². The normalized spacial score (nSPS) is 20.4. The molecule has 1 aliphatic rings. The lowest BCUT2D eigenvalue weighted by Crippen LogP contribution is -2.48. The number of carbonyl (C=O) groups excluding carboxylic acids is 1. The molecule has 0 aliphatic carbocycles. The van der Waals surface area contributed by atoms with E-state index in [1.165, 1.54) is 0 Å². The number of hydrogen-bond donors (Lipinski definition) is 0. The van der Waals surface area contributed by atoms with Crippen LogP contribution in [-0.2, 0) is 11.3 Å². The Balaban J connectivity index is 1.76. The van der Waals surface area contributed by atoms with Gasteiger partial charge in [-0.2, -0.15) is 0 Å². The lowest BCUT2D eigenvalue weighted by Gasteiger charge is -2.35. The Morgan fingerprint density at radius 3 is 2.48 bits per heavy atom. The molecule has 25 heavy (non-hydrogen) atoms. The Bertz CT molecular complexity index is 739. The van der Waals surface area contributed by atoms with E-state index in [9.17, 15) is 4.79 Å². The highest BCUT2D eigenvalue weighted by molar-refractivity contribution is 6.31. The van der Waals surface area contributed by atoms with Gasteiger partial charge in [-0.15, -0.1) is 0 Å². The van der Waals surface area contributed by atoms with E-state index in [-0.39, 0.29) is 18.1 Å². The third-order valence-electron chi connectivity index (χ3n) is 4.17. The smallest absolute Gasteiger partial charge is 0.257 e. The predicted molar refractivity (Wildman–Crippen MR) is 98.1 cm³/mol. The second-order valence-electron chi connectivity index (χ2n) is 6.34. The molecule has 0 aromatic heterocycles. The maximum absolute atomic E-state index is 13.0. The van der Waals surface area contributed by atoms with E-state index in [0.717, 1.165) is 5.56 Å². The molecule has 0 spiro atoms. The Labute approximate surface area is 153 Å². The van der Waals surface area contributed by atoms with Crippen LogP contribution in [0.2, 0.25) is 5.02 Å². The van der Waals surface area contributed by atoms with Crippen LogP contribution in [0.4, 0.5) is 0 Å². The summed E-state index contributed by atoms with van der Waals surface area (Å²) in [6.45, 7) is 5.45. The third-order valence-corrected chi connectivity index (χ3v) is 4.53. The van der Waals surface area contributed by atoms with Gasteiger partial charge in [0.15, 0.2) is 0 Å². The summed E-state index contributed by atoms with van der Waals surface area (Å²) in [6, 6.07) is 14.9. The minimum Gasteiger partial charge on any atom is -0.488 e. The molecular weight excluding hydrogens is 338 g/mol. The van der Waals surface area contributed by atoms with E-state index in [4.69, 9.17) is 21.1 Å². The number of benzene rings is 2.